The van der Waals surface area contributed by atoms with Gasteiger partial charge >= 0.3 is 5.97 Å². The molecule has 0 atom stereocenters. The van der Waals surface area contributed by atoms with Crippen molar-refractivity contribution in [3.8, 4) is 10.6 Å². The van der Waals surface area contributed by atoms with Crippen molar-refractivity contribution >= 4 is 17.3 Å². The maximum Gasteiger partial charge on any atom is 0.305 e. The highest BCUT2D eigenvalue weighted by atomic mass is 32.1. The SMILES string of the molecule is Cc1ccc(-c2cn(CCC(=O)O)nn2)s1. The number of aliphatic carboxylic acids is 1. The maximum atomic E-state index is 10.4. The number of carboxylic acid groups (broad SMARTS) is 1. The molecule has 2 rings (SSSR count). The van der Waals surface area contributed by atoms with E-state index in [0.29, 0.717) is 6.54 Å². The van der Waals surface area contributed by atoms with E-state index in [1.807, 2.05) is 19.1 Å². The third kappa shape index (κ3) is 2.46. The molecule has 0 aliphatic rings. The molecular weight excluding hydrogens is 226 g/mol. The molecule has 0 saturated heterocycles. The van der Waals surface area contributed by atoms with Crippen molar-refractivity contribution in [1.29, 1.82) is 0 Å². The third-order valence-corrected chi connectivity index (χ3v) is 3.11. The quantitative estimate of drug-likeness (QED) is 0.880. The van der Waals surface area contributed by atoms with Gasteiger partial charge in [0, 0.05) is 4.88 Å². The summed E-state index contributed by atoms with van der Waals surface area (Å²) in [6.45, 7) is 2.38. The average molecular weight is 237 g/mol. The van der Waals surface area contributed by atoms with Gasteiger partial charge < -0.3 is 5.11 Å². The van der Waals surface area contributed by atoms with Gasteiger partial charge in [0.25, 0.3) is 0 Å². The summed E-state index contributed by atoms with van der Waals surface area (Å²) in [5.74, 6) is -0.830. The Balaban J connectivity index is 2.10. The lowest BCUT2D eigenvalue weighted by atomic mass is 10.3. The molecule has 2 heterocycles. The highest BCUT2D eigenvalue weighted by molar-refractivity contribution is 7.15. The Kier molecular flexibility index (Phi) is 3.00. The Bertz CT molecular complexity index is 504. The second-order valence-electron chi connectivity index (χ2n) is 3.42. The molecule has 0 aliphatic heterocycles. The number of hydrogen-bond donors (Lipinski definition) is 1. The van der Waals surface area contributed by atoms with Crippen LogP contribution in [0.25, 0.3) is 10.6 Å². The van der Waals surface area contributed by atoms with Crippen molar-refractivity contribution in [3.63, 3.8) is 0 Å². The first-order valence-electron chi connectivity index (χ1n) is 4.84. The molecule has 0 aromatic carbocycles. The first-order chi connectivity index (χ1) is 7.65. The second-order valence-corrected chi connectivity index (χ2v) is 4.71. The molecule has 0 radical (unpaired) electrons. The normalized spacial score (nSPS) is 10.6. The van der Waals surface area contributed by atoms with E-state index in [4.69, 9.17) is 5.11 Å². The Morgan fingerprint density at radius 3 is 3.00 bits per heavy atom. The van der Waals surface area contributed by atoms with Crippen molar-refractivity contribution in [3.05, 3.63) is 23.2 Å². The second kappa shape index (κ2) is 4.44. The summed E-state index contributed by atoms with van der Waals surface area (Å²) in [4.78, 5) is 12.7. The standard InChI is InChI=1S/C10H11N3O2S/c1-7-2-3-9(16-7)8-6-13(12-11-8)5-4-10(14)15/h2-3,6H,4-5H2,1H3,(H,14,15). The molecule has 16 heavy (non-hydrogen) atoms. The zero-order valence-electron chi connectivity index (χ0n) is 8.75. The smallest absolute Gasteiger partial charge is 0.305 e. The number of rotatable bonds is 4. The van der Waals surface area contributed by atoms with E-state index in [1.54, 1.807) is 22.2 Å². The zero-order valence-corrected chi connectivity index (χ0v) is 9.57. The molecular formula is C10H11N3O2S. The van der Waals surface area contributed by atoms with Crippen LogP contribution in [0, 0.1) is 6.92 Å². The van der Waals surface area contributed by atoms with E-state index < -0.39 is 5.97 Å². The van der Waals surface area contributed by atoms with E-state index in [1.165, 1.54) is 4.88 Å². The van der Waals surface area contributed by atoms with Gasteiger partial charge in [-0.15, -0.1) is 16.4 Å². The summed E-state index contributed by atoms with van der Waals surface area (Å²) in [7, 11) is 0. The molecule has 0 bridgehead atoms. The van der Waals surface area contributed by atoms with Gasteiger partial charge in [-0.3, -0.25) is 9.48 Å². The third-order valence-electron chi connectivity index (χ3n) is 2.09. The molecule has 1 N–H and O–H groups in total. The predicted octanol–water partition coefficient (Wildman–Crippen LogP) is 1.79. The van der Waals surface area contributed by atoms with Crippen molar-refractivity contribution in [2.45, 2.75) is 19.9 Å². The molecule has 84 valence electrons. The van der Waals surface area contributed by atoms with Crippen LogP contribution >= 0.6 is 11.3 Å². The first kappa shape index (κ1) is 10.8. The lowest BCUT2D eigenvalue weighted by Gasteiger charge is -1.94. The van der Waals surface area contributed by atoms with Crippen LogP contribution in [0.4, 0.5) is 0 Å². The molecule has 0 saturated carbocycles. The van der Waals surface area contributed by atoms with Crippen LogP contribution < -0.4 is 0 Å². The number of nitrogens with zero attached hydrogens (tertiary/aromatic N) is 3. The van der Waals surface area contributed by atoms with Crippen molar-refractivity contribution in [2.24, 2.45) is 0 Å². The minimum absolute atomic E-state index is 0.0618. The molecule has 6 heteroatoms. The van der Waals surface area contributed by atoms with Crippen LogP contribution in [0.1, 0.15) is 11.3 Å². The van der Waals surface area contributed by atoms with Gasteiger partial charge in [0.1, 0.15) is 5.69 Å². The summed E-state index contributed by atoms with van der Waals surface area (Å²) in [6, 6.07) is 4.02. The lowest BCUT2D eigenvalue weighted by Crippen LogP contribution is -2.04. The van der Waals surface area contributed by atoms with Gasteiger partial charge in [-0.2, -0.15) is 0 Å². The topological polar surface area (TPSA) is 68.0 Å². The highest BCUT2D eigenvalue weighted by Gasteiger charge is 2.06. The van der Waals surface area contributed by atoms with E-state index >= 15 is 0 Å². The van der Waals surface area contributed by atoms with Crippen molar-refractivity contribution in [1.82, 2.24) is 15.0 Å². The summed E-state index contributed by atoms with van der Waals surface area (Å²) in [5, 5.41) is 16.4. The molecule has 2 aromatic rings. The van der Waals surface area contributed by atoms with E-state index in [2.05, 4.69) is 10.3 Å². The summed E-state index contributed by atoms with van der Waals surface area (Å²) >= 11 is 1.65. The van der Waals surface area contributed by atoms with Gasteiger partial charge in [-0.05, 0) is 19.1 Å². The maximum absolute atomic E-state index is 10.4. The number of carboxylic acids is 1. The minimum atomic E-state index is -0.830. The molecule has 2 aromatic heterocycles. The molecule has 0 aliphatic carbocycles. The molecule has 0 spiro atoms. The molecule has 5 nitrogen and oxygen atoms in total. The van der Waals surface area contributed by atoms with E-state index in [-0.39, 0.29) is 6.42 Å². The van der Waals surface area contributed by atoms with Crippen LogP contribution in [0.2, 0.25) is 0 Å². The van der Waals surface area contributed by atoms with E-state index in [0.717, 1.165) is 10.6 Å². The van der Waals surface area contributed by atoms with Crippen LogP contribution in [0.3, 0.4) is 0 Å². The number of thiophene rings is 1. The number of hydrogen-bond acceptors (Lipinski definition) is 4. The van der Waals surface area contributed by atoms with Crippen molar-refractivity contribution < 1.29 is 9.90 Å². The summed E-state index contributed by atoms with van der Waals surface area (Å²) in [5.41, 5.74) is 0.795. The summed E-state index contributed by atoms with van der Waals surface area (Å²) < 4.78 is 1.55. The Hall–Kier alpha value is -1.69. The Labute approximate surface area is 96.3 Å². The Morgan fingerprint density at radius 1 is 1.56 bits per heavy atom. The fourth-order valence-corrected chi connectivity index (χ4v) is 2.12. The number of aryl methyl sites for hydroxylation is 2. The van der Waals surface area contributed by atoms with Crippen LogP contribution in [-0.2, 0) is 11.3 Å². The molecule has 0 amide bonds. The van der Waals surface area contributed by atoms with Crippen LogP contribution in [0.5, 0.6) is 0 Å². The fourth-order valence-electron chi connectivity index (χ4n) is 1.30. The lowest BCUT2D eigenvalue weighted by molar-refractivity contribution is -0.137. The predicted molar refractivity (Wildman–Crippen MR) is 60.3 cm³/mol. The number of carbonyl (C=O) groups is 1. The first-order valence-corrected chi connectivity index (χ1v) is 5.65. The molecule has 0 unspecified atom stereocenters. The van der Waals surface area contributed by atoms with Gasteiger partial charge in [-0.1, -0.05) is 5.21 Å². The zero-order chi connectivity index (χ0) is 11.5. The van der Waals surface area contributed by atoms with Crippen molar-refractivity contribution in [2.75, 3.05) is 0 Å². The molecule has 0 fully saturated rings. The largest absolute Gasteiger partial charge is 0.481 e. The monoisotopic (exact) mass is 237 g/mol. The van der Waals surface area contributed by atoms with Crippen LogP contribution in [-0.4, -0.2) is 26.1 Å². The van der Waals surface area contributed by atoms with Gasteiger partial charge in [0.2, 0.25) is 0 Å². The van der Waals surface area contributed by atoms with Gasteiger partial charge in [0.15, 0.2) is 0 Å². The average Bonchev–Trinajstić information content (AvgIpc) is 2.83. The number of aromatic nitrogens is 3. The van der Waals surface area contributed by atoms with Crippen LogP contribution in [0.15, 0.2) is 18.3 Å². The van der Waals surface area contributed by atoms with E-state index in [9.17, 15) is 4.79 Å². The fraction of sp³-hybridized carbons (Fsp3) is 0.300. The van der Waals surface area contributed by atoms with Gasteiger partial charge in [0.05, 0.1) is 24.0 Å². The minimum Gasteiger partial charge on any atom is -0.481 e. The summed E-state index contributed by atoms with van der Waals surface area (Å²) in [6.07, 6.45) is 1.83. The Morgan fingerprint density at radius 2 is 2.38 bits per heavy atom. The van der Waals surface area contributed by atoms with Gasteiger partial charge in [-0.25, -0.2) is 0 Å². The highest BCUT2D eigenvalue weighted by Crippen LogP contribution is 2.25.